The molecule has 1 unspecified atom stereocenters. The number of aryl methyl sites for hydroxylation is 1. The van der Waals surface area contributed by atoms with Gasteiger partial charge in [-0.2, -0.15) is 0 Å². The molecule has 1 aliphatic heterocycles. The minimum atomic E-state index is -0.657. The number of carbonyl (C=O) groups is 2. The van der Waals surface area contributed by atoms with Crippen molar-refractivity contribution in [3.8, 4) is 5.75 Å². The van der Waals surface area contributed by atoms with Crippen LogP contribution in [0.1, 0.15) is 42.5 Å². The second-order valence-electron chi connectivity index (χ2n) is 8.43. The van der Waals surface area contributed by atoms with Gasteiger partial charge < -0.3 is 19.6 Å². The largest absolute Gasteiger partial charge is 0.507 e. The van der Waals surface area contributed by atoms with Crippen LogP contribution in [-0.2, 0) is 9.59 Å². The molecule has 0 saturated carbocycles. The zero-order chi connectivity index (χ0) is 23.3. The highest BCUT2D eigenvalue weighted by molar-refractivity contribution is 6.46. The lowest BCUT2D eigenvalue weighted by Crippen LogP contribution is -2.35. The number of amides is 1. The minimum absolute atomic E-state index is 0.122. The van der Waals surface area contributed by atoms with Crippen molar-refractivity contribution in [3.05, 3.63) is 70.8 Å². The Balaban J connectivity index is 2.02. The highest BCUT2D eigenvalue weighted by Crippen LogP contribution is 2.39. The highest BCUT2D eigenvalue weighted by Gasteiger charge is 2.45. The number of aliphatic hydroxyl groups is 1. The summed E-state index contributed by atoms with van der Waals surface area (Å²) in [6, 6.07) is 14.0. The number of unbranched alkanes of at least 4 members (excludes halogenated alkanes) is 1. The first-order chi connectivity index (χ1) is 15.3. The summed E-state index contributed by atoms with van der Waals surface area (Å²) in [5.41, 5.74) is 2.45. The molecule has 6 nitrogen and oxygen atoms in total. The predicted molar refractivity (Wildman–Crippen MR) is 126 cm³/mol. The quantitative estimate of drug-likeness (QED) is 0.277. The van der Waals surface area contributed by atoms with Gasteiger partial charge >= 0.3 is 0 Å². The summed E-state index contributed by atoms with van der Waals surface area (Å²) in [7, 11) is 3.83. The number of likely N-dealkylation sites (N-methyl/N-ethyl adjacent to an activating group) is 1. The van der Waals surface area contributed by atoms with Crippen LogP contribution in [0.2, 0.25) is 0 Å². The second kappa shape index (κ2) is 10.5. The molecule has 0 spiro atoms. The van der Waals surface area contributed by atoms with E-state index in [2.05, 4.69) is 6.92 Å². The standard InChI is InChI=1S/C26H32N2O4/c1-5-6-17-32-21-13-11-19(12-14-21)23-22(24(29)20-9-7-18(2)8-10-20)25(30)26(31)28(23)16-15-27(3)4/h7-14,23,29H,5-6,15-17H2,1-4H3/b24-22+. The minimum Gasteiger partial charge on any atom is -0.507 e. The molecule has 3 rings (SSSR count). The molecule has 1 amide bonds. The van der Waals surface area contributed by atoms with Crippen molar-refractivity contribution in [3.63, 3.8) is 0 Å². The number of hydrogen-bond donors (Lipinski definition) is 1. The van der Waals surface area contributed by atoms with Crippen LogP contribution < -0.4 is 4.74 Å². The van der Waals surface area contributed by atoms with E-state index >= 15 is 0 Å². The van der Waals surface area contributed by atoms with Crippen molar-refractivity contribution < 1.29 is 19.4 Å². The fourth-order valence-corrected chi connectivity index (χ4v) is 3.71. The van der Waals surface area contributed by atoms with Gasteiger partial charge in [0, 0.05) is 18.7 Å². The van der Waals surface area contributed by atoms with Crippen LogP contribution in [-0.4, -0.2) is 60.4 Å². The first-order valence-electron chi connectivity index (χ1n) is 11.1. The first kappa shape index (κ1) is 23.5. The molecule has 1 saturated heterocycles. The number of aliphatic hydroxyl groups excluding tert-OH is 1. The van der Waals surface area contributed by atoms with Crippen LogP contribution in [0.3, 0.4) is 0 Å². The van der Waals surface area contributed by atoms with Crippen LogP contribution in [0.15, 0.2) is 54.1 Å². The van der Waals surface area contributed by atoms with Gasteiger partial charge in [0.2, 0.25) is 0 Å². The summed E-state index contributed by atoms with van der Waals surface area (Å²) in [4.78, 5) is 29.5. The molecule has 0 radical (unpaired) electrons. The maximum Gasteiger partial charge on any atom is 0.295 e. The number of benzene rings is 2. The molecule has 1 aliphatic rings. The summed E-state index contributed by atoms with van der Waals surface area (Å²) in [5, 5.41) is 11.1. The Morgan fingerprint density at radius 1 is 1.06 bits per heavy atom. The zero-order valence-corrected chi connectivity index (χ0v) is 19.3. The van der Waals surface area contributed by atoms with Gasteiger partial charge in [0.15, 0.2) is 0 Å². The summed E-state index contributed by atoms with van der Waals surface area (Å²) < 4.78 is 5.75. The molecule has 1 fully saturated rings. The fraction of sp³-hybridized carbons (Fsp3) is 0.385. The van der Waals surface area contributed by atoms with E-state index in [0.29, 0.717) is 25.3 Å². The Kier molecular flexibility index (Phi) is 7.70. The molecule has 1 atom stereocenters. The van der Waals surface area contributed by atoms with E-state index in [1.807, 2.05) is 62.3 Å². The maximum atomic E-state index is 13.0. The number of rotatable bonds is 9. The Labute approximate surface area is 190 Å². The smallest absolute Gasteiger partial charge is 0.295 e. The zero-order valence-electron chi connectivity index (χ0n) is 19.3. The van der Waals surface area contributed by atoms with Gasteiger partial charge in [0.1, 0.15) is 11.5 Å². The van der Waals surface area contributed by atoms with Crippen molar-refractivity contribution >= 4 is 17.4 Å². The Hall–Kier alpha value is -3.12. The molecule has 170 valence electrons. The molecule has 0 aliphatic carbocycles. The molecule has 1 heterocycles. The van der Waals surface area contributed by atoms with Crippen molar-refractivity contribution in [2.75, 3.05) is 33.8 Å². The van der Waals surface area contributed by atoms with Gasteiger partial charge in [-0.15, -0.1) is 0 Å². The Morgan fingerprint density at radius 3 is 2.31 bits per heavy atom. The third-order valence-electron chi connectivity index (χ3n) is 5.62. The first-order valence-corrected chi connectivity index (χ1v) is 11.1. The van der Waals surface area contributed by atoms with Crippen molar-refractivity contribution in [1.29, 1.82) is 0 Å². The van der Waals surface area contributed by atoms with Gasteiger partial charge in [-0.3, -0.25) is 9.59 Å². The van der Waals surface area contributed by atoms with Gasteiger partial charge in [-0.05, 0) is 45.1 Å². The highest BCUT2D eigenvalue weighted by atomic mass is 16.5. The van der Waals surface area contributed by atoms with E-state index in [0.717, 1.165) is 29.7 Å². The monoisotopic (exact) mass is 436 g/mol. The average Bonchev–Trinajstić information content (AvgIpc) is 3.03. The number of nitrogens with zero attached hydrogens (tertiary/aromatic N) is 2. The number of ketones is 1. The van der Waals surface area contributed by atoms with Crippen LogP contribution in [0.5, 0.6) is 5.75 Å². The van der Waals surface area contributed by atoms with E-state index in [4.69, 9.17) is 4.74 Å². The normalized spacial score (nSPS) is 17.9. The van der Waals surface area contributed by atoms with E-state index in [1.54, 1.807) is 17.0 Å². The summed E-state index contributed by atoms with van der Waals surface area (Å²) in [5.74, 6) is -0.654. The average molecular weight is 437 g/mol. The topological polar surface area (TPSA) is 70.1 Å². The molecule has 2 aromatic rings. The lowest BCUT2D eigenvalue weighted by Gasteiger charge is -2.26. The molecule has 0 bridgehead atoms. The summed E-state index contributed by atoms with van der Waals surface area (Å²) in [6.45, 7) is 5.68. The van der Waals surface area contributed by atoms with Crippen molar-refractivity contribution in [2.45, 2.75) is 32.7 Å². The number of likely N-dealkylation sites (tertiary alicyclic amines) is 1. The third-order valence-corrected chi connectivity index (χ3v) is 5.62. The molecular weight excluding hydrogens is 404 g/mol. The van der Waals surface area contributed by atoms with E-state index < -0.39 is 17.7 Å². The number of ether oxygens (including phenoxy) is 1. The molecule has 0 aromatic heterocycles. The van der Waals surface area contributed by atoms with Gasteiger partial charge in [0.25, 0.3) is 11.7 Å². The van der Waals surface area contributed by atoms with Crippen molar-refractivity contribution in [1.82, 2.24) is 9.80 Å². The van der Waals surface area contributed by atoms with Crippen LogP contribution >= 0.6 is 0 Å². The number of carbonyl (C=O) groups excluding carboxylic acids is 2. The molecule has 1 N–H and O–H groups in total. The van der Waals surface area contributed by atoms with Gasteiger partial charge in [-0.25, -0.2) is 0 Å². The van der Waals surface area contributed by atoms with E-state index in [1.165, 1.54) is 0 Å². The Morgan fingerprint density at radius 2 is 1.72 bits per heavy atom. The molecule has 2 aromatic carbocycles. The summed E-state index contributed by atoms with van der Waals surface area (Å²) >= 11 is 0. The van der Waals surface area contributed by atoms with E-state index in [9.17, 15) is 14.7 Å². The maximum absolute atomic E-state index is 13.0. The molecule has 32 heavy (non-hydrogen) atoms. The SMILES string of the molecule is CCCCOc1ccc(C2/C(=C(\O)c3ccc(C)cc3)C(=O)C(=O)N2CCN(C)C)cc1. The molecular formula is C26H32N2O4. The third kappa shape index (κ3) is 5.19. The molecule has 6 heteroatoms. The number of Topliss-reactive ketones (excluding diaryl/α,β-unsaturated/α-hetero) is 1. The van der Waals surface area contributed by atoms with Crippen LogP contribution in [0.4, 0.5) is 0 Å². The predicted octanol–water partition coefficient (Wildman–Crippen LogP) is 4.16. The Bertz CT molecular complexity index is 978. The van der Waals surface area contributed by atoms with E-state index in [-0.39, 0.29) is 11.3 Å². The lowest BCUT2D eigenvalue weighted by molar-refractivity contribution is -0.140. The fourth-order valence-electron chi connectivity index (χ4n) is 3.71. The van der Waals surface area contributed by atoms with Crippen LogP contribution in [0, 0.1) is 6.92 Å². The summed E-state index contributed by atoms with van der Waals surface area (Å²) in [6.07, 6.45) is 2.03. The number of hydrogen-bond acceptors (Lipinski definition) is 5. The lowest BCUT2D eigenvalue weighted by atomic mass is 9.95. The van der Waals surface area contributed by atoms with Gasteiger partial charge in [-0.1, -0.05) is 55.3 Å². The van der Waals surface area contributed by atoms with Gasteiger partial charge in [0.05, 0.1) is 18.2 Å². The van der Waals surface area contributed by atoms with Crippen molar-refractivity contribution in [2.24, 2.45) is 0 Å². The van der Waals surface area contributed by atoms with Crippen LogP contribution in [0.25, 0.3) is 5.76 Å². The second-order valence-corrected chi connectivity index (χ2v) is 8.43.